The van der Waals surface area contributed by atoms with Gasteiger partial charge < -0.3 is 5.32 Å². The van der Waals surface area contributed by atoms with E-state index in [1.807, 2.05) is 17.8 Å². The molecule has 2 aliphatic heterocycles. The Morgan fingerprint density at radius 2 is 2.03 bits per heavy atom. The van der Waals surface area contributed by atoms with Gasteiger partial charge in [0, 0.05) is 24.3 Å². The number of sulfone groups is 1. The van der Waals surface area contributed by atoms with Crippen molar-refractivity contribution in [3.8, 4) is 0 Å². The fourth-order valence-corrected chi connectivity index (χ4v) is 6.45. The number of hydroxylamine groups is 1. The Morgan fingerprint density at radius 1 is 1.30 bits per heavy atom. The second-order valence-electron chi connectivity index (χ2n) is 8.75. The fraction of sp³-hybridized carbons (Fsp3) is 0.619. The predicted octanol–water partition coefficient (Wildman–Crippen LogP) is 2.94. The van der Waals surface area contributed by atoms with Gasteiger partial charge in [-0.05, 0) is 45.6 Å². The van der Waals surface area contributed by atoms with Crippen LogP contribution >= 0.6 is 0 Å². The third kappa shape index (κ3) is 3.37. The second-order valence-corrected chi connectivity index (χ2v) is 11.1. The fourth-order valence-electron chi connectivity index (χ4n) is 4.96. The lowest BCUT2D eigenvalue weighted by Gasteiger charge is -2.26. The minimum atomic E-state index is -2.91. The van der Waals surface area contributed by atoms with Crippen LogP contribution in [-0.4, -0.2) is 46.3 Å². The van der Waals surface area contributed by atoms with Gasteiger partial charge in [-0.25, -0.2) is 18.1 Å². The normalized spacial score (nSPS) is 23.1. The van der Waals surface area contributed by atoms with Crippen LogP contribution in [0.2, 0.25) is 0 Å². The Morgan fingerprint density at radius 3 is 2.73 bits per heavy atom. The van der Waals surface area contributed by atoms with Crippen LogP contribution in [0.3, 0.4) is 0 Å². The number of fused-ring (bicyclic) bond motifs is 1. The Balaban J connectivity index is 1.58. The quantitative estimate of drug-likeness (QED) is 0.768. The molecule has 0 unspecified atom stereocenters. The smallest absolute Gasteiger partial charge is 0.160 e. The standard InChI is InChI=1S/C21H29N5O3S/c1-3-26-20-18(14(2)24-26)19(23-15-6-10-30(27,28)11-7-15)16(13-22-20)17-12-21(29-25-17)8-4-5-9-21/h12-13,15,25H,3-11H2,1-2H3,(H,22,23). The van der Waals surface area contributed by atoms with Crippen molar-refractivity contribution < 1.29 is 13.3 Å². The first-order chi connectivity index (χ1) is 14.4. The van der Waals surface area contributed by atoms with Gasteiger partial charge in [0.05, 0.1) is 34.0 Å². The average molecular weight is 432 g/mol. The Labute approximate surface area is 176 Å². The van der Waals surface area contributed by atoms with E-state index in [0.717, 1.165) is 53.1 Å². The largest absolute Gasteiger partial charge is 0.381 e. The molecule has 1 spiro atoms. The van der Waals surface area contributed by atoms with Gasteiger partial charge >= 0.3 is 0 Å². The summed E-state index contributed by atoms with van der Waals surface area (Å²) in [5.74, 6) is 0.462. The Kier molecular flexibility index (Phi) is 4.77. The molecule has 0 radical (unpaired) electrons. The van der Waals surface area contributed by atoms with Crippen LogP contribution in [0.1, 0.15) is 56.7 Å². The van der Waals surface area contributed by atoms with Gasteiger partial charge in [0.1, 0.15) is 15.4 Å². The molecule has 0 atom stereocenters. The summed E-state index contributed by atoms with van der Waals surface area (Å²) in [6, 6.07) is 0.102. The van der Waals surface area contributed by atoms with E-state index in [4.69, 9.17) is 9.82 Å². The van der Waals surface area contributed by atoms with Gasteiger partial charge in [-0.15, -0.1) is 0 Å². The molecule has 2 aromatic heterocycles. The van der Waals surface area contributed by atoms with Crippen LogP contribution in [0.25, 0.3) is 16.7 Å². The van der Waals surface area contributed by atoms with E-state index in [0.29, 0.717) is 12.8 Å². The maximum atomic E-state index is 11.9. The highest BCUT2D eigenvalue weighted by atomic mass is 32.2. The number of aryl methyl sites for hydroxylation is 2. The molecule has 1 saturated heterocycles. The number of rotatable bonds is 4. The molecule has 2 aromatic rings. The lowest BCUT2D eigenvalue weighted by Crippen LogP contribution is -2.32. The molecule has 2 fully saturated rings. The van der Waals surface area contributed by atoms with Crippen molar-refractivity contribution in [1.82, 2.24) is 20.2 Å². The number of nitrogens with zero attached hydrogens (tertiary/aromatic N) is 3. The molecule has 2 N–H and O–H groups in total. The number of aromatic nitrogens is 3. The van der Waals surface area contributed by atoms with Gasteiger partial charge in [-0.3, -0.25) is 10.3 Å². The van der Waals surface area contributed by atoms with Gasteiger partial charge in [-0.2, -0.15) is 5.10 Å². The molecule has 4 heterocycles. The van der Waals surface area contributed by atoms with Crippen LogP contribution < -0.4 is 10.8 Å². The van der Waals surface area contributed by atoms with Crippen molar-refractivity contribution in [1.29, 1.82) is 0 Å². The van der Waals surface area contributed by atoms with E-state index in [9.17, 15) is 8.42 Å². The molecule has 9 heteroatoms. The summed E-state index contributed by atoms with van der Waals surface area (Å²) in [6.45, 7) is 4.80. The van der Waals surface area contributed by atoms with Crippen LogP contribution in [0.5, 0.6) is 0 Å². The van der Waals surface area contributed by atoms with E-state index in [2.05, 4.69) is 28.9 Å². The average Bonchev–Trinajstić information content (AvgIpc) is 3.44. The van der Waals surface area contributed by atoms with Crippen LogP contribution in [0.15, 0.2) is 12.3 Å². The molecule has 162 valence electrons. The molecular formula is C21H29N5O3S. The van der Waals surface area contributed by atoms with Crippen LogP contribution in [-0.2, 0) is 21.2 Å². The summed E-state index contributed by atoms with van der Waals surface area (Å²) in [5.41, 5.74) is 7.57. The predicted molar refractivity (Wildman–Crippen MR) is 117 cm³/mol. The summed E-state index contributed by atoms with van der Waals surface area (Å²) in [5, 5.41) is 9.34. The highest BCUT2D eigenvalue weighted by Gasteiger charge is 2.39. The van der Waals surface area contributed by atoms with Crippen molar-refractivity contribution >= 4 is 32.3 Å². The maximum absolute atomic E-state index is 11.9. The molecule has 0 amide bonds. The number of hydrogen-bond acceptors (Lipinski definition) is 7. The van der Waals surface area contributed by atoms with Crippen molar-refractivity contribution in [2.75, 3.05) is 16.8 Å². The summed E-state index contributed by atoms with van der Waals surface area (Å²) in [4.78, 5) is 10.7. The van der Waals surface area contributed by atoms with Crippen molar-refractivity contribution in [2.45, 2.75) is 70.6 Å². The summed E-state index contributed by atoms with van der Waals surface area (Å²) < 4.78 is 25.7. The lowest BCUT2D eigenvalue weighted by atomic mass is 9.99. The molecule has 0 bridgehead atoms. The first-order valence-corrected chi connectivity index (χ1v) is 12.7. The minimum absolute atomic E-state index is 0.102. The SMILES string of the molecule is CCn1nc(C)c2c(NC3CCS(=O)(=O)CC3)c(C3=CC4(CCCC4)ON3)cnc21. The second kappa shape index (κ2) is 7.23. The monoisotopic (exact) mass is 431 g/mol. The zero-order valence-corrected chi connectivity index (χ0v) is 18.4. The molecule has 8 nitrogen and oxygen atoms in total. The van der Waals surface area contributed by atoms with E-state index in [1.54, 1.807) is 0 Å². The van der Waals surface area contributed by atoms with E-state index >= 15 is 0 Å². The highest BCUT2D eigenvalue weighted by Crippen LogP contribution is 2.42. The van der Waals surface area contributed by atoms with Crippen LogP contribution in [0.4, 0.5) is 5.69 Å². The Bertz CT molecular complexity index is 1100. The summed E-state index contributed by atoms with van der Waals surface area (Å²) in [7, 11) is -2.91. The molecule has 1 saturated carbocycles. The first kappa shape index (κ1) is 19.8. The number of nitrogens with one attached hydrogen (secondary N) is 2. The lowest BCUT2D eigenvalue weighted by molar-refractivity contribution is -0.0289. The molecule has 1 aliphatic carbocycles. The number of hydrogen-bond donors (Lipinski definition) is 2. The third-order valence-electron chi connectivity index (χ3n) is 6.65. The van der Waals surface area contributed by atoms with Gasteiger partial charge in [0.15, 0.2) is 5.65 Å². The molecular weight excluding hydrogens is 402 g/mol. The van der Waals surface area contributed by atoms with E-state index < -0.39 is 9.84 Å². The highest BCUT2D eigenvalue weighted by molar-refractivity contribution is 7.91. The Hall–Kier alpha value is -2.13. The third-order valence-corrected chi connectivity index (χ3v) is 8.37. The maximum Gasteiger partial charge on any atom is 0.160 e. The van der Waals surface area contributed by atoms with Gasteiger partial charge in [-0.1, -0.05) is 12.8 Å². The van der Waals surface area contributed by atoms with Crippen LogP contribution in [0, 0.1) is 6.92 Å². The number of pyridine rings is 1. The molecule has 5 rings (SSSR count). The summed E-state index contributed by atoms with van der Waals surface area (Å²) in [6.07, 6.45) is 9.70. The van der Waals surface area contributed by atoms with Crippen molar-refractivity contribution in [2.24, 2.45) is 0 Å². The van der Waals surface area contributed by atoms with E-state index in [1.165, 1.54) is 12.8 Å². The van der Waals surface area contributed by atoms with Gasteiger partial charge in [0.25, 0.3) is 0 Å². The number of anilines is 1. The minimum Gasteiger partial charge on any atom is -0.381 e. The summed E-state index contributed by atoms with van der Waals surface area (Å²) >= 11 is 0. The molecule has 30 heavy (non-hydrogen) atoms. The van der Waals surface area contributed by atoms with Crippen molar-refractivity contribution in [3.05, 3.63) is 23.5 Å². The zero-order valence-electron chi connectivity index (χ0n) is 17.6. The first-order valence-electron chi connectivity index (χ1n) is 10.9. The van der Waals surface area contributed by atoms with Crippen molar-refractivity contribution in [3.63, 3.8) is 0 Å². The molecule has 0 aromatic carbocycles. The zero-order chi connectivity index (χ0) is 20.9. The van der Waals surface area contributed by atoms with E-state index in [-0.39, 0.29) is 23.1 Å². The van der Waals surface area contributed by atoms with Gasteiger partial charge in [0.2, 0.25) is 0 Å². The topological polar surface area (TPSA) is 98.1 Å². The molecule has 3 aliphatic rings.